The van der Waals surface area contributed by atoms with Gasteiger partial charge in [-0.25, -0.2) is 4.98 Å². The van der Waals surface area contributed by atoms with Gasteiger partial charge in [-0.1, -0.05) is 6.92 Å². The van der Waals surface area contributed by atoms with Crippen molar-refractivity contribution in [1.82, 2.24) is 14.0 Å². The fourth-order valence-electron chi connectivity index (χ4n) is 1.89. The number of aromatic nitrogens is 1. The van der Waals surface area contributed by atoms with Gasteiger partial charge < -0.3 is 5.73 Å². The highest BCUT2D eigenvalue weighted by atomic mass is 32.2. The number of nitrogens with one attached hydrogen (secondary N) is 1. The number of hydrogen-bond acceptors (Lipinski definition) is 5. The summed E-state index contributed by atoms with van der Waals surface area (Å²) in [7, 11) is -3.39. The van der Waals surface area contributed by atoms with Crippen LogP contribution >= 0.6 is 11.3 Å². The lowest BCUT2D eigenvalue weighted by Gasteiger charge is -2.29. The minimum absolute atomic E-state index is 0.197. The van der Waals surface area contributed by atoms with Crippen molar-refractivity contribution in [2.45, 2.75) is 26.3 Å². The maximum atomic E-state index is 12.0. The minimum Gasteiger partial charge on any atom is -0.375 e. The van der Waals surface area contributed by atoms with Crippen LogP contribution in [0.25, 0.3) is 0 Å². The lowest BCUT2D eigenvalue weighted by atomic mass is 10.0. The van der Waals surface area contributed by atoms with Crippen LogP contribution in [0, 0.1) is 5.92 Å². The van der Waals surface area contributed by atoms with Crippen LogP contribution in [0.1, 0.15) is 25.5 Å². The number of piperidine rings is 1. The summed E-state index contributed by atoms with van der Waals surface area (Å²) in [6, 6.07) is 0. The van der Waals surface area contributed by atoms with E-state index in [1.165, 1.54) is 15.6 Å². The highest BCUT2D eigenvalue weighted by Crippen LogP contribution is 2.18. The number of anilines is 1. The van der Waals surface area contributed by atoms with Gasteiger partial charge in [-0.15, -0.1) is 11.3 Å². The largest absolute Gasteiger partial charge is 0.375 e. The molecule has 1 aromatic heterocycles. The summed E-state index contributed by atoms with van der Waals surface area (Å²) in [5.41, 5.74) is 6.15. The van der Waals surface area contributed by atoms with E-state index in [-0.39, 0.29) is 6.54 Å². The highest BCUT2D eigenvalue weighted by molar-refractivity contribution is 7.87. The van der Waals surface area contributed by atoms with Gasteiger partial charge in [-0.2, -0.15) is 17.4 Å². The van der Waals surface area contributed by atoms with E-state index in [0.717, 1.165) is 12.8 Å². The van der Waals surface area contributed by atoms with Crippen LogP contribution in [0.5, 0.6) is 0 Å². The Morgan fingerprint density at radius 3 is 2.78 bits per heavy atom. The van der Waals surface area contributed by atoms with Gasteiger partial charge in [0, 0.05) is 18.5 Å². The molecule has 0 saturated carbocycles. The molecule has 1 aliphatic heterocycles. The molecule has 0 aromatic carbocycles. The second-order valence-corrected chi connectivity index (χ2v) is 7.23. The Balaban J connectivity index is 1.91. The van der Waals surface area contributed by atoms with Gasteiger partial charge in [0.05, 0.1) is 12.2 Å². The molecule has 0 atom stereocenters. The normalized spacial score (nSPS) is 19.2. The predicted molar refractivity (Wildman–Crippen MR) is 72.3 cm³/mol. The Kier molecular flexibility index (Phi) is 4.21. The van der Waals surface area contributed by atoms with Crippen molar-refractivity contribution in [3.05, 3.63) is 11.1 Å². The summed E-state index contributed by atoms with van der Waals surface area (Å²) >= 11 is 1.31. The molecule has 3 N–H and O–H groups in total. The number of rotatable bonds is 4. The Bertz CT molecular complexity index is 492. The summed E-state index contributed by atoms with van der Waals surface area (Å²) in [5, 5.41) is 2.21. The van der Waals surface area contributed by atoms with E-state index in [4.69, 9.17) is 5.73 Å². The first-order valence-corrected chi connectivity index (χ1v) is 8.24. The topological polar surface area (TPSA) is 88.3 Å². The quantitative estimate of drug-likeness (QED) is 0.858. The third kappa shape index (κ3) is 3.41. The molecular weight excluding hydrogens is 272 g/mol. The minimum atomic E-state index is -3.39. The molecule has 6 nitrogen and oxygen atoms in total. The van der Waals surface area contributed by atoms with Crippen molar-refractivity contribution in [3.63, 3.8) is 0 Å². The van der Waals surface area contributed by atoms with E-state index < -0.39 is 10.2 Å². The SMILES string of the molecule is CC1CCN(S(=O)(=O)NCc2csc(N)n2)CC1. The van der Waals surface area contributed by atoms with Crippen LogP contribution in [-0.2, 0) is 16.8 Å². The average Bonchev–Trinajstić information content (AvgIpc) is 2.73. The van der Waals surface area contributed by atoms with Gasteiger partial charge >= 0.3 is 0 Å². The van der Waals surface area contributed by atoms with Crippen LogP contribution in [0.2, 0.25) is 0 Å². The summed E-state index contributed by atoms with van der Waals surface area (Å²) in [4.78, 5) is 4.02. The Labute approximate surface area is 111 Å². The van der Waals surface area contributed by atoms with Crippen molar-refractivity contribution < 1.29 is 8.42 Å². The van der Waals surface area contributed by atoms with Crippen LogP contribution < -0.4 is 10.5 Å². The molecule has 2 rings (SSSR count). The smallest absolute Gasteiger partial charge is 0.279 e. The lowest BCUT2D eigenvalue weighted by Crippen LogP contribution is -2.44. The monoisotopic (exact) mass is 290 g/mol. The number of nitrogen functional groups attached to an aromatic ring is 1. The average molecular weight is 290 g/mol. The molecule has 1 aromatic rings. The highest BCUT2D eigenvalue weighted by Gasteiger charge is 2.26. The number of hydrogen-bond donors (Lipinski definition) is 2. The maximum absolute atomic E-state index is 12.0. The van der Waals surface area contributed by atoms with Crippen molar-refractivity contribution >= 4 is 26.7 Å². The predicted octanol–water partition coefficient (Wildman–Crippen LogP) is 0.792. The zero-order chi connectivity index (χ0) is 13.2. The molecule has 1 aliphatic rings. The summed E-state index contributed by atoms with van der Waals surface area (Å²) < 4.78 is 28.1. The first kappa shape index (κ1) is 13.7. The van der Waals surface area contributed by atoms with Crippen LogP contribution in [0.3, 0.4) is 0 Å². The molecule has 0 bridgehead atoms. The molecule has 18 heavy (non-hydrogen) atoms. The van der Waals surface area contributed by atoms with E-state index in [1.54, 1.807) is 5.38 Å². The molecule has 0 radical (unpaired) electrons. The van der Waals surface area contributed by atoms with Crippen LogP contribution in [0.4, 0.5) is 5.13 Å². The van der Waals surface area contributed by atoms with Gasteiger partial charge in [-0.05, 0) is 18.8 Å². The van der Waals surface area contributed by atoms with E-state index in [1.807, 2.05) is 0 Å². The van der Waals surface area contributed by atoms with Crippen molar-refractivity contribution in [3.8, 4) is 0 Å². The lowest BCUT2D eigenvalue weighted by molar-refractivity contribution is 0.285. The van der Waals surface area contributed by atoms with Crippen molar-refractivity contribution in [2.24, 2.45) is 5.92 Å². The molecule has 0 spiro atoms. The number of nitrogens with two attached hydrogens (primary N) is 1. The van der Waals surface area contributed by atoms with E-state index in [0.29, 0.717) is 29.8 Å². The second-order valence-electron chi connectivity index (χ2n) is 4.58. The first-order valence-electron chi connectivity index (χ1n) is 5.92. The molecule has 0 amide bonds. The standard InChI is InChI=1S/C10H18N4O2S2/c1-8-2-4-14(5-3-8)18(15,16)12-6-9-7-17-10(11)13-9/h7-8,12H,2-6H2,1H3,(H2,11,13). The van der Waals surface area contributed by atoms with Gasteiger partial charge in [0.1, 0.15) is 0 Å². The van der Waals surface area contributed by atoms with Crippen molar-refractivity contribution in [1.29, 1.82) is 0 Å². The molecule has 8 heteroatoms. The maximum Gasteiger partial charge on any atom is 0.279 e. The molecule has 1 saturated heterocycles. The summed E-state index contributed by atoms with van der Waals surface area (Å²) in [6.45, 7) is 3.53. The third-order valence-electron chi connectivity index (χ3n) is 3.09. The van der Waals surface area contributed by atoms with E-state index >= 15 is 0 Å². The fourth-order valence-corrected chi connectivity index (χ4v) is 3.65. The zero-order valence-electron chi connectivity index (χ0n) is 10.3. The number of thiazole rings is 1. The van der Waals surface area contributed by atoms with Gasteiger partial charge in [-0.3, -0.25) is 0 Å². The summed E-state index contributed by atoms with van der Waals surface area (Å²) in [5.74, 6) is 0.606. The van der Waals surface area contributed by atoms with Gasteiger partial charge in [0.25, 0.3) is 10.2 Å². The van der Waals surface area contributed by atoms with E-state index in [9.17, 15) is 8.42 Å². The summed E-state index contributed by atoms with van der Waals surface area (Å²) in [6.07, 6.45) is 1.84. The zero-order valence-corrected chi connectivity index (χ0v) is 11.9. The van der Waals surface area contributed by atoms with Crippen LogP contribution in [0.15, 0.2) is 5.38 Å². The van der Waals surface area contributed by atoms with Crippen molar-refractivity contribution in [2.75, 3.05) is 18.8 Å². The molecule has 1 fully saturated rings. The first-order chi connectivity index (χ1) is 8.47. The third-order valence-corrected chi connectivity index (χ3v) is 5.36. The fraction of sp³-hybridized carbons (Fsp3) is 0.700. The molecular formula is C10H18N4O2S2. The van der Waals surface area contributed by atoms with Gasteiger partial charge in [0.2, 0.25) is 0 Å². The van der Waals surface area contributed by atoms with E-state index in [2.05, 4.69) is 16.6 Å². The van der Waals surface area contributed by atoms with Gasteiger partial charge in [0.15, 0.2) is 5.13 Å². The van der Waals surface area contributed by atoms with Crippen LogP contribution in [-0.4, -0.2) is 30.8 Å². The molecule has 102 valence electrons. The Hall–Kier alpha value is -0.700. The molecule has 2 heterocycles. The second kappa shape index (κ2) is 5.52. The Morgan fingerprint density at radius 1 is 1.56 bits per heavy atom. The molecule has 0 aliphatic carbocycles. The Morgan fingerprint density at radius 2 is 2.22 bits per heavy atom. The molecule has 0 unspecified atom stereocenters. The number of nitrogens with zero attached hydrogens (tertiary/aromatic N) is 2.